The van der Waals surface area contributed by atoms with E-state index in [-0.39, 0.29) is 17.0 Å². The van der Waals surface area contributed by atoms with Crippen molar-refractivity contribution in [1.29, 1.82) is 0 Å². The van der Waals surface area contributed by atoms with Crippen LogP contribution in [0, 0.1) is 5.92 Å². The van der Waals surface area contributed by atoms with Crippen LogP contribution in [0.25, 0.3) is 0 Å². The first-order valence-electron chi connectivity index (χ1n) is 5.86. The van der Waals surface area contributed by atoms with Crippen LogP contribution in [0.4, 0.5) is 0 Å². The Morgan fingerprint density at radius 1 is 1.39 bits per heavy atom. The van der Waals surface area contributed by atoms with Gasteiger partial charge >= 0.3 is 0 Å². The summed E-state index contributed by atoms with van der Waals surface area (Å²) in [5.41, 5.74) is 0. The predicted molar refractivity (Wildman–Crippen MR) is 74.2 cm³/mol. The van der Waals surface area contributed by atoms with Gasteiger partial charge in [0.25, 0.3) is 0 Å². The molecule has 0 radical (unpaired) electrons. The SMILES string of the molecule is CS(=O)(=O)C1CCCC(C(=O)c2ccc(Cl)s2)C1. The molecule has 0 aromatic carbocycles. The molecule has 0 amide bonds. The highest BCUT2D eigenvalue weighted by Crippen LogP contribution is 2.33. The number of rotatable bonds is 3. The average Bonchev–Trinajstić information content (AvgIpc) is 2.74. The van der Waals surface area contributed by atoms with Gasteiger partial charge in [-0.25, -0.2) is 8.42 Å². The number of carbonyl (C=O) groups is 1. The lowest BCUT2D eigenvalue weighted by Gasteiger charge is -2.26. The standard InChI is InChI=1S/C12H15ClO3S2/c1-18(15,16)9-4-2-3-8(7-9)12(14)10-5-6-11(13)17-10/h5-6,8-9H,2-4,7H2,1H3. The first-order chi connectivity index (χ1) is 8.38. The fourth-order valence-electron chi connectivity index (χ4n) is 2.42. The Morgan fingerprint density at radius 2 is 2.11 bits per heavy atom. The number of thiophene rings is 1. The third kappa shape index (κ3) is 3.13. The Hall–Kier alpha value is -0.390. The molecule has 1 fully saturated rings. The largest absolute Gasteiger partial charge is 0.293 e. The van der Waals surface area contributed by atoms with Crippen LogP contribution in [0.5, 0.6) is 0 Å². The van der Waals surface area contributed by atoms with E-state index in [1.54, 1.807) is 12.1 Å². The second-order valence-electron chi connectivity index (χ2n) is 4.78. The van der Waals surface area contributed by atoms with Crippen molar-refractivity contribution in [1.82, 2.24) is 0 Å². The molecule has 1 saturated carbocycles. The molecule has 0 spiro atoms. The zero-order valence-electron chi connectivity index (χ0n) is 10.1. The van der Waals surface area contributed by atoms with E-state index in [4.69, 9.17) is 11.6 Å². The summed E-state index contributed by atoms with van der Waals surface area (Å²) in [4.78, 5) is 12.9. The van der Waals surface area contributed by atoms with Crippen molar-refractivity contribution in [2.75, 3.05) is 6.26 Å². The van der Waals surface area contributed by atoms with E-state index >= 15 is 0 Å². The van der Waals surface area contributed by atoms with Crippen LogP contribution in [-0.4, -0.2) is 25.7 Å². The van der Waals surface area contributed by atoms with E-state index in [1.807, 2.05) is 0 Å². The fourth-order valence-corrected chi connectivity index (χ4v) is 4.66. The summed E-state index contributed by atoms with van der Waals surface area (Å²) in [6.45, 7) is 0. The molecule has 100 valence electrons. The third-order valence-electron chi connectivity index (χ3n) is 3.42. The predicted octanol–water partition coefficient (Wildman–Crippen LogP) is 3.19. The number of hydrogen-bond acceptors (Lipinski definition) is 4. The topological polar surface area (TPSA) is 51.2 Å². The van der Waals surface area contributed by atoms with Gasteiger partial charge in [0.2, 0.25) is 0 Å². The smallest absolute Gasteiger partial charge is 0.175 e. The molecule has 1 aliphatic rings. The van der Waals surface area contributed by atoms with Crippen LogP contribution < -0.4 is 0 Å². The van der Waals surface area contributed by atoms with Crippen molar-refractivity contribution in [3.8, 4) is 0 Å². The molecule has 2 atom stereocenters. The fraction of sp³-hybridized carbons (Fsp3) is 0.583. The van der Waals surface area contributed by atoms with Crippen LogP contribution in [0.2, 0.25) is 4.34 Å². The minimum Gasteiger partial charge on any atom is -0.293 e. The number of hydrogen-bond donors (Lipinski definition) is 0. The summed E-state index contributed by atoms with van der Waals surface area (Å²) in [7, 11) is -3.04. The van der Waals surface area contributed by atoms with Crippen molar-refractivity contribution < 1.29 is 13.2 Å². The van der Waals surface area contributed by atoms with Crippen LogP contribution in [0.1, 0.15) is 35.4 Å². The quantitative estimate of drug-likeness (QED) is 0.806. The molecule has 3 nitrogen and oxygen atoms in total. The summed E-state index contributed by atoms with van der Waals surface area (Å²) < 4.78 is 23.7. The Morgan fingerprint density at radius 3 is 2.67 bits per heavy atom. The summed E-state index contributed by atoms with van der Waals surface area (Å²) in [5.74, 6) is -0.131. The maximum Gasteiger partial charge on any atom is 0.175 e. The van der Waals surface area contributed by atoms with Crippen molar-refractivity contribution in [3.63, 3.8) is 0 Å². The van der Waals surface area contributed by atoms with Crippen LogP contribution >= 0.6 is 22.9 Å². The van der Waals surface area contributed by atoms with Gasteiger partial charge in [0.05, 0.1) is 14.5 Å². The molecule has 0 aliphatic heterocycles. The van der Waals surface area contributed by atoms with Crippen molar-refractivity contribution in [2.24, 2.45) is 5.92 Å². The van der Waals surface area contributed by atoms with Gasteiger partial charge in [0, 0.05) is 12.2 Å². The minimum atomic E-state index is -3.04. The molecule has 1 aliphatic carbocycles. The van der Waals surface area contributed by atoms with E-state index in [0.29, 0.717) is 22.1 Å². The Bertz CT molecular complexity index is 547. The highest BCUT2D eigenvalue weighted by atomic mass is 35.5. The van der Waals surface area contributed by atoms with Gasteiger partial charge in [-0.3, -0.25) is 4.79 Å². The second-order valence-corrected chi connectivity index (χ2v) is 8.82. The lowest BCUT2D eigenvalue weighted by Crippen LogP contribution is -2.30. The molecule has 0 bridgehead atoms. The number of halogens is 1. The average molecular weight is 307 g/mol. The first kappa shape index (κ1) is 14.0. The maximum atomic E-state index is 12.2. The summed E-state index contributed by atoms with van der Waals surface area (Å²) >= 11 is 7.08. The number of Topliss-reactive ketones (excluding diaryl/α,β-unsaturated/α-hetero) is 1. The molecule has 2 rings (SSSR count). The highest BCUT2D eigenvalue weighted by Gasteiger charge is 2.33. The van der Waals surface area contributed by atoms with Crippen LogP contribution in [0.15, 0.2) is 12.1 Å². The molecule has 6 heteroatoms. The Labute approximate surface area is 116 Å². The summed E-state index contributed by atoms with van der Waals surface area (Å²) in [6, 6.07) is 3.43. The van der Waals surface area contributed by atoms with E-state index in [0.717, 1.165) is 12.8 Å². The third-order valence-corrected chi connectivity index (χ3v) is 6.30. The van der Waals surface area contributed by atoms with Gasteiger partial charge in [-0.15, -0.1) is 11.3 Å². The van der Waals surface area contributed by atoms with Gasteiger partial charge < -0.3 is 0 Å². The van der Waals surface area contributed by atoms with E-state index in [9.17, 15) is 13.2 Å². The Kier molecular flexibility index (Phi) is 4.14. The lowest BCUT2D eigenvalue weighted by atomic mass is 9.85. The normalized spacial score (nSPS) is 25.0. The monoisotopic (exact) mass is 306 g/mol. The van der Waals surface area contributed by atoms with E-state index in [1.165, 1.54) is 17.6 Å². The van der Waals surface area contributed by atoms with Gasteiger partial charge in [-0.1, -0.05) is 18.0 Å². The number of sulfone groups is 1. The van der Waals surface area contributed by atoms with Crippen LogP contribution in [0.3, 0.4) is 0 Å². The molecule has 2 unspecified atom stereocenters. The zero-order chi connectivity index (χ0) is 13.3. The molecule has 1 aromatic rings. The van der Waals surface area contributed by atoms with Gasteiger partial charge in [0.1, 0.15) is 9.84 Å². The molecule has 0 saturated heterocycles. The minimum absolute atomic E-state index is 0.0419. The molecular weight excluding hydrogens is 292 g/mol. The summed E-state index contributed by atoms with van der Waals surface area (Å²) in [5, 5.41) is -0.365. The van der Waals surface area contributed by atoms with Crippen LogP contribution in [-0.2, 0) is 9.84 Å². The van der Waals surface area contributed by atoms with E-state index in [2.05, 4.69) is 0 Å². The van der Waals surface area contributed by atoms with E-state index < -0.39 is 9.84 Å². The molecule has 1 heterocycles. The molecule has 1 aromatic heterocycles. The van der Waals surface area contributed by atoms with Crippen molar-refractivity contribution in [3.05, 3.63) is 21.3 Å². The van der Waals surface area contributed by atoms with Gasteiger partial charge in [0.15, 0.2) is 5.78 Å². The summed E-state index contributed by atoms with van der Waals surface area (Å²) in [6.07, 6.45) is 3.96. The van der Waals surface area contributed by atoms with Crippen molar-refractivity contribution >= 4 is 38.6 Å². The molecule has 0 N–H and O–H groups in total. The molecular formula is C12H15ClO3S2. The first-order valence-corrected chi connectivity index (χ1v) is 9.01. The zero-order valence-corrected chi connectivity index (χ0v) is 12.4. The highest BCUT2D eigenvalue weighted by molar-refractivity contribution is 7.91. The maximum absolute atomic E-state index is 12.2. The second kappa shape index (κ2) is 5.31. The van der Waals surface area contributed by atoms with Crippen molar-refractivity contribution in [2.45, 2.75) is 30.9 Å². The number of ketones is 1. The van der Waals surface area contributed by atoms with Gasteiger partial charge in [-0.05, 0) is 31.4 Å². The van der Waals surface area contributed by atoms with Gasteiger partial charge in [-0.2, -0.15) is 0 Å². The Balaban J connectivity index is 2.12. The number of carbonyl (C=O) groups excluding carboxylic acids is 1. The molecule has 18 heavy (non-hydrogen) atoms. The lowest BCUT2D eigenvalue weighted by molar-refractivity contribution is 0.0895.